The molecule has 0 fully saturated rings. The molecule has 1 aromatic rings. The van der Waals surface area contributed by atoms with E-state index in [0.29, 0.717) is 5.56 Å². The van der Waals surface area contributed by atoms with Gasteiger partial charge in [0.15, 0.2) is 0 Å². The number of anilines is 1. The summed E-state index contributed by atoms with van der Waals surface area (Å²) in [6.45, 7) is 1.86. The fourth-order valence-corrected chi connectivity index (χ4v) is 2.32. The van der Waals surface area contributed by atoms with Crippen LogP contribution in [-0.2, 0) is 9.53 Å². The van der Waals surface area contributed by atoms with Crippen molar-refractivity contribution in [2.75, 3.05) is 12.4 Å². The van der Waals surface area contributed by atoms with E-state index in [1.807, 2.05) is 6.92 Å². The van der Waals surface area contributed by atoms with Crippen molar-refractivity contribution in [3.8, 4) is 0 Å². The maximum absolute atomic E-state index is 12.2. The number of methoxy groups -OCH3 is 1. The van der Waals surface area contributed by atoms with Gasteiger partial charge in [0.1, 0.15) is 0 Å². The molecule has 2 rings (SSSR count). The van der Waals surface area contributed by atoms with Crippen LogP contribution in [0.5, 0.6) is 0 Å². The fourth-order valence-electron chi connectivity index (χ4n) is 2.32. The van der Waals surface area contributed by atoms with Crippen LogP contribution in [0.25, 0.3) is 0 Å². The maximum Gasteiger partial charge on any atom is 0.337 e. The molecule has 0 saturated carbocycles. The second-order valence-electron chi connectivity index (χ2n) is 4.99. The van der Waals surface area contributed by atoms with Gasteiger partial charge in [-0.25, -0.2) is 4.79 Å². The van der Waals surface area contributed by atoms with Crippen molar-refractivity contribution in [3.05, 3.63) is 41.5 Å². The van der Waals surface area contributed by atoms with Crippen LogP contribution in [0.1, 0.15) is 35.2 Å². The van der Waals surface area contributed by atoms with Crippen LogP contribution in [0.4, 0.5) is 5.69 Å². The number of hydrogen-bond donors (Lipinski definition) is 1. The van der Waals surface area contributed by atoms with E-state index >= 15 is 0 Å². The van der Waals surface area contributed by atoms with Crippen molar-refractivity contribution in [3.63, 3.8) is 0 Å². The molecular formula is C16H19NO3. The van der Waals surface area contributed by atoms with Crippen molar-refractivity contribution < 1.29 is 14.3 Å². The van der Waals surface area contributed by atoms with E-state index in [1.54, 1.807) is 18.2 Å². The molecule has 4 nitrogen and oxygen atoms in total. The molecule has 0 aromatic heterocycles. The highest BCUT2D eigenvalue weighted by Gasteiger charge is 2.19. The standard InChI is InChI=1S/C16H19NO3/c1-11-10-13(16(19)20-2)8-9-14(11)17-15(18)12-6-4-3-5-7-12/h3-4,8-10,12H,5-7H2,1-2H3,(H,17,18)/t12-/m1/s1. The number of esters is 1. The fraction of sp³-hybridized carbons (Fsp3) is 0.375. The van der Waals surface area contributed by atoms with Gasteiger partial charge in [0, 0.05) is 11.6 Å². The molecule has 0 spiro atoms. The topological polar surface area (TPSA) is 55.4 Å². The van der Waals surface area contributed by atoms with Gasteiger partial charge in [-0.1, -0.05) is 12.2 Å². The van der Waals surface area contributed by atoms with E-state index in [9.17, 15) is 9.59 Å². The van der Waals surface area contributed by atoms with Gasteiger partial charge in [0.25, 0.3) is 0 Å². The number of rotatable bonds is 3. The summed E-state index contributed by atoms with van der Waals surface area (Å²) in [4.78, 5) is 23.6. The molecule has 4 heteroatoms. The molecule has 0 radical (unpaired) electrons. The number of ether oxygens (including phenoxy) is 1. The third-order valence-corrected chi connectivity index (χ3v) is 3.55. The number of aryl methyl sites for hydroxylation is 1. The Hall–Kier alpha value is -2.10. The molecule has 1 N–H and O–H groups in total. The zero-order chi connectivity index (χ0) is 14.5. The normalized spacial score (nSPS) is 17.6. The molecule has 1 aromatic carbocycles. The Morgan fingerprint density at radius 2 is 2.10 bits per heavy atom. The Kier molecular flexibility index (Phi) is 4.56. The predicted molar refractivity (Wildman–Crippen MR) is 77.6 cm³/mol. The van der Waals surface area contributed by atoms with Gasteiger partial charge in [-0.15, -0.1) is 0 Å². The highest BCUT2D eigenvalue weighted by atomic mass is 16.5. The van der Waals surface area contributed by atoms with E-state index in [-0.39, 0.29) is 17.8 Å². The largest absolute Gasteiger partial charge is 0.465 e. The Morgan fingerprint density at radius 3 is 2.70 bits per heavy atom. The van der Waals surface area contributed by atoms with E-state index in [1.165, 1.54) is 7.11 Å². The first-order valence-corrected chi connectivity index (χ1v) is 6.76. The Labute approximate surface area is 118 Å². The lowest BCUT2D eigenvalue weighted by atomic mass is 9.93. The second-order valence-corrected chi connectivity index (χ2v) is 4.99. The lowest BCUT2D eigenvalue weighted by Gasteiger charge is -2.18. The molecule has 1 aliphatic carbocycles. The summed E-state index contributed by atoms with van der Waals surface area (Å²) in [5.74, 6) is -0.286. The molecule has 1 aliphatic rings. The van der Waals surface area contributed by atoms with Crippen molar-refractivity contribution in [2.24, 2.45) is 5.92 Å². The lowest BCUT2D eigenvalue weighted by molar-refractivity contribution is -0.120. The molecular weight excluding hydrogens is 254 g/mol. The van der Waals surface area contributed by atoms with Gasteiger partial charge in [0.2, 0.25) is 5.91 Å². The van der Waals surface area contributed by atoms with Crippen LogP contribution in [0.3, 0.4) is 0 Å². The molecule has 106 valence electrons. The zero-order valence-electron chi connectivity index (χ0n) is 11.8. The molecule has 0 heterocycles. The molecule has 1 amide bonds. The van der Waals surface area contributed by atoms with Crippen molar-refractivity contribution in [1.29, 1.82) is 0 Å². The third-order valence-electron chi connectivity index (χ3n) is 3.55. The average molecular weight is 273 g/mol. The molecule has 0 bridgehead atoms. The van der Waals surface area contributed by atoms with Gasteiger partial charge in [-0.05, 0) is 49.9 Å². The first-order valence-electron chi connectivity index (χ1n) is 6.76. The molecule has 20 heavy (non-hydrogen) atoms. The van der Waals surface area contributed by atoms with Crippen LogP contribution in [0, 0.1) is 12.8 Å². The summed E-state index contributed by atoms with van der Waals surface area (Å²) in [5.41, 5.74) is 2.09. The van der Waals surface area contributed by atoms with E-state index in [2.05, 4.69) is 22.2 Å². The summed E-state index contributed by atoms with van der Waals surface area (Å²) in [5, 5.41) is 2.94. The van der Waals surface area contributed by atoms with Crippen LogP contribution in [0.2, 0.25) is 0 Å². The predicted octanol–water partition coefficient (Wildman–Crippen LogP) is 3.08. The number of carbonyl (C=O) groups is 2. The van der Waals surface area contributed by atoms with Gasteiger partial charge in [-0.3, -0.25) is 4.79 Å². The zero-order valence-corrected chi connectivity index (χ0v) is 11.8. The first-order chi connectivity index (χ1) is 9.61. The van der Waals surface area contributed by atoms with Crippen LogP contribution in [0.15, 0.2) is 30.4 Å². The summed E-state index contributed by atoms with van der Waals surface area (Å²) in [6, 6.07) is 5.13. The first kappa shape index (κ1) is 14.3. The van der Waals surface area contributed by atoms with Gasteiger partial charge in [-0.2, -0.15) is 0 Å². The number of allylic oxidation sites excluding steroid dienone is 2. The van der Waals surface area contributed by atoms with E-state index in [4.69, 9.17) is 0 Å². The monoisotopic (exact) mass is 273 g/mol. The van der Waals surface area contributed by atoms with Crippen LogP contribution in [-0.4, -0.2) is 19.0 Å². The average Bonchev–Trinajstić information content (AvgIpc) is 2.49. The summed E-state index contributed by atoms with van der Waals surface area (Å²) >= 11 is 0. The molecule has 0 unspecified atom stereocenters. The smallest absolute Gasteiger partial charge is 0.337 e. The minimum Gasteiger partial charge on any atom is -0.465 e. The van der Waals surface area contributed by atoms with Crippen LogP contribution >= 0.6 is 0 Å². The number of nitrogens with one attached hydrogen (secondary N) is 1. The van der Waals surface area contributed by atoms with Crippen molar-refractivity contribution in [1.82, 2.24) is 0 Å². The molecule has 1 atom stereocenters. The Morgan fingerprint density at radius 1 is 1.30 bits per heavy atom. The second kappa shape index (κ2) is 6.37. The quantitative estimate of drug-likeness (QED) is 0.680. The Balaban J connectivity index is 2.07. The van der Waals surface area contributed by atoms with E-state index < -0.39 is 0 Å². The number of amides is 1. The molecule has 0 aliphatic heterocycles. The summed E-state index contributed by atoms with van der Waals surface area (Å²) in [6.07, 6.45) is 6.81. The third kappa shape index (κ3) is 3.26. The van der Waals surface area contributed by atoms with Crippen molar-refractivity contribution >= 4 is 17.6 Å². The highest BCUT2D eigenvalue weighted by molar-refractivity contribution is 5.95. The number of carbonyl (C=O) groups excluding carboxylic acids is 2. The van der Waals surface area contributed by atoms with E-state index in [0.717, 1.165) is 30.5 Å². The van der Waals surface area contributed by atoms with Gasteiger partial charge in [0.05, 0.1) is 12.7 Å². The molecule has 0 saturated heterocycles. The van der Waals surface area contributed by atoms with Gasteiger partial charge >= 0.3 is 5.97 Å². The minimum absolute atomic E-state index is 0.0414. The SMILES string of the molecule is COC(=O)c1ccc(NC(=O)[C@@H]2CC=CCC2)c(C)c1. The number of hydrogen-bond acceptors (Lipinski definition) is 3. The van der Waals surface area contributed by atoms with Gasteiger partial charge < -0.3 is 10.1 Å². The minimum atomic E-state index is -0.372. The number of benzene rings is 1. The van der Waals surface area contributed by atoms with Crippen molar-refractivity contribution in [2.45, 2.75) is 26.2 Å². The van der Waals surface area contributed by atoms with Crippen LogP contribution < -0.4 is 5.32 Å². The summed E-state index contributed by atoms with van der Waals surface area (Å²) < 4.78 is 4.67. The summed E-state index contributed by atoms with van der Waals surface area (Å²) in [7, 11) is 1.35. The maximum atomic E-state index is 12.2. The highest BCUT2D eigenvalue weighted by Crippen LogP contribution is 2.22. The Bertz CT molecular complexity index is 549. The lowest BCUT2D eigenvalue weighted by Crippen LogP contribution is -2.24.